The number of carbonyl (C=O) groups excluding carboxylic acids is 3. The summed E-state index contributed by atoms with van der Waals surface area (Å²) in [7, 11) is 0. The third-order valence-electron chi connectivity index (χ3n) is 3.58. The number of rotatable bonds is 4. The largest absolute Gasteiger partial charge is 0.484 e. The second kappa shape index (κ2) is 6.93. The number of nitrogens with two attached hydrogens (primary N) is 1. The summed E-state index contributed by atoms with van der Waals surface area (Å²) >= 11 is 0. The van der Waals surface area contributed by atoms with Gasteiger partial charge in [0, 0.05) is 20.0 Å². The Morgan fingerprint density at radius 3 is 2.50 bits per heavy atom. The van der Waals surface area contributed by atoms with Crippen molar-refractivity contribution in [1.29, 1.82) is 0 Å². The lowest BCUT2D eigenvalue weighted by Gasteiger charge is -2.39. The molecule has 1 fully saturated rings. The summed E-state index contributed by atoms with van der Waals surface area (Å²) in [6.07, 6.45) is 0. The minimum Gasteiger partial charge on any atom is -0.484 e. The second-order valence-electron chi connectivity index (χ2n) is 5.07. The SMILES string of the molecule is CC(=O)N1CCN(C(=O)COc2ccccc2)[C@@H](C(N)=O)C1. The number of benzene rings is 1. The summed E-state index contributed by atoms with van der Waals surface area (Å²) in [5, 5.41) is 0. The fourth-order valence-corrected chi connectivity index (χ4v) is 2.36. The van der Waals surface area contributed by atoms with Crippen LogP contribution in [0, 0.1) is 0 Å². The molecule has 0 bridgehead atoms. The molecule has 1 atom stereocenters. The molecule has 1 aromatic rings. The molecule has 118 valence electrons. The molecule has 22 heavy (non-hydrogen) atoms. The van der Waals surface area contributed by atoms with Crippen LogP contribution in [0.25, 0.3) is 0 Å². The number of para-hydroxylation sites is 1. The van der Waals surface area contributed by atoms with Gasteiger partial charge in [-0.3, -0.25) is 14.4 Å². The van der Waals surface area contributed by atoms with Crippen molar-refractivity contribution in [2.45, 2.75) is 13.0 Å². The van der Waals surface area contributed by atoms with E-state index in [9.17, 15) is 14.4 Å². The summed E-state index contributed by atoms with van der Waals surface area (Å²) in [4.78, 5) is 38.1. The van der Waals surface area contributed by atoms with Crippen LogP contribution in [0.4, 0.5) is 0 Å². The molecule has 2 rings (SSSR count). The van der Waals surface area contributed by atoms with Gasteiger partial charge in [0.2, 0.25) is 11.8 Å². The molecule has 0 unspecified atom stereocenters. The molecule has 7 nitrogen and oxygen atoms in total. The molecular weight excluding hydrogens is 286 g/mol. The van der Waals surface area contributed by atoms with E-state index in [4.69, 9.17) is 10.5 Å². The zero-order chi connectivity index (χ0) is 16.1. The van der Waals surface area contributed by atoms with E-state index in [1.54, 1.807) is 24.3 Å². The van der Waals surface area contributed by atoms with Crippen molar-refractivity contribution >= 4 is 17.7 Å². The topological polar surface area (TPSA) is 92.9 Å². The first kappa shape index (κ1) is 15.8. The monoisotopic (exact) mass is 305 g/mol. The molecule has 1 aliphatic heterocycles. The minimum absolute atomic E-state index is 0.127. The number of hydrogen-bond acceptors (Lipinski definition) is 4. The first-order valence-corrected chi connectivity index (χ1v) is 7.01. The van der Waals surface area contributed by atoms with Crippen LogP contribution in [-0.2, 0) is 14.4 Å². The number of amides is 3. The third kappa shape index (κ3) is 3.75. The van der Waals surface area contributed by atoms with Crippen molar-refractivity contribution in [1.82, 2.24) is 9.80 Å². The third-order valence-corrected chi connectivity index (χ3v) is 3.58. The van der Waals surface area contributed by atoms with Crippen LogP contribution < -0.4 is 10.5 Å². The van der Waals surface area contributed by atoms with Gasteiger partial charge in [0.05, 0.1) is 6.54 Å². The van der Waals surface area contributed by atoms with Crippen LogP contribution in [0.5, 0.6) is 5.75 Å². The molecule has 0 spiro atoms. The van der Waals surface area contributed by atoms with Crippen LogP contribution in [0.2, 0.25) is 0 Å². The lowest BCUT2D eigenvalue weighted by Crippen LogP contribution is -2.61. The molecule has 7 heteroatoms. The Hall–Kier alpha value is -2.57. The summed E-state index contributed by atoms with van der Waals surface area (Å²) < 4.78 is 5.40. The number of piperazine rings is 1. The predicted molar refractivity (Wildman–Crippen MR) is 78.9 cm³/mol. The maximum absolute atomic E-state index is 12.3. The van der Waals surface area contributed by atoms with Crippen molar-refractivity contribution in [3.05, 3.63) is 30.3 Å². The summed E-state index contributed by atoms with van der Waals surface area (Å²) in [6, 6.07) is 8.12. The van der Waals surface area contributed by atoms with Gasteiger partial charge in [-0.25, -0.2) is 0 Å². The van der Waals surface area contributed by atoms with Crippen molar-refractivity contribution in [3.8, 4) is 5.75 Å². The first-order valence-electron chi connectivity index (χ1n) is 7.01. The Labute approximate surface area is 128 Å². The van der Waals surface area contributed by atoms with Gasteiger partial charge in [0.25, 0.3) is 5.91 Å². The molecule has 1 aromatic carbocycles. The molecule has 3 amide bonds. The fraction of sp³-hybridized carbons (Fsp3) is 0.400. The lowest BCUT2D eigenvalue weighted by atomic mass is 10.1. The van der Waals surface area contributed by atoms with Gasteiger partial charge in [-0.1, -0.05) is 18.2 Å². The number of carbonyl (C=O) groups is 3. The standard InChI is InChI=1S/C15H19N3O4/c1-11(19)17-7-8-18(13(9-17)15(16)21)14(20)10-22-12-5-3-2-4-6-12/h2-6,13H,7-10H2,1H3,(H2,16,21)/t13-/m1/s1. The highest BCUT2D eigenvalue weighted by atomic mass is 16.5. The average Bonchev–Trinajstić information content (AvgIpc) is 2.52. The zero-order valence-electron chi connectivity index (χ0n) is 12.4. The van der Waals surface area contributed by atoms with Crippen LogP contribution in [0.15, 0.2) is 30.3 Å². The highest BCUT2D eigenvalue weighted by Crippen LogP contribution is 2.12. The molecule has 2 N–H and O–H groups in total. The van der Waals surface area contributed by atoms with E-state index >= 15 is 0 Å². The van der Waals surface area contributed by atoms with E-state index in [0.29, 0.717) is 12.3 Å². The van der Waals surface area contributed by atoms with Gasteiger partial charge in [-0.05, 0) is 12.1 Å². The van der Waals surface area contributed by atoms with E-state index in [0.717, 1.165) is 0 Å². The predicted octanol–water partition coefficient (Wildman–Crippen LogP) is -0.390. The first-order chi connectivity index (χ1) is 10.5. The Morgan fingerprint density at radius 2 is 1.91 bits per heavy atom. The molecule has 0 radical (unpaired) electrons. The summed E-state index contributed by atoms with van der Waals surface area (Å²) in [5.41, 5.74) is 5.35. The Bertz CT molecular complexity index is 561. The van der Waals surface area contributed by atoms with E-state index in [2.05, 4.69) is 0 Å². The van der Waals surface area contributed by atoms with Crippen molar-refractivity contribution < 1.29 is 19.1 Å². The van der Waals surface area contributed by atoms with Crippen LogP contribution >= 0.6 is 0 Å². The highest BCUT2D eigenvalue weighted by Gasteiger charge is 2.35. The fourth-order valence-electron chi connectivity index (χ4n) is 2.36. The molecule has 0 saturated carbocycles. The molecule has 1 saturated heterocycles. The van der Waals surface area contributed by atoms with Crippen LogP contribution in [0.3, 0.4) is 0 Å². The number of nitrogens with zero attached hydrogens (tertiary/aromatic N) is 2. The van der Waals surface area contributed by atoms with Gasteiger partial charge in [0.1, 0.15) is 11.8 Å². The van der Waals surface area contributed by atoms with E-state index in [1.807, 2.05) is 6.07 Å². The smallest absolute Gasteiger partial charge is 0.261 e. The van der Waals surface area contributed by atoms with Gasteiger partial charge in [-0.2, -0.15) is 0 Å². The quantitative estimate of drug-likeness (QED) is 0.820. The average molecular weight is 305 g/mol. The molecule has 0 aromatic heterocycles. The molecule has 1 heterocycles. The Balaban J connectivity index is 1.98. The van der Waals surface area contributed by atoms with Crippen LogP contribution in [-0.4, -0.2) is 59.8 Å². The van der Waals surface area contributed by atoms with Crippen molar-refractivity contribution in [2.24, 2.45) is 5.73 Å². The van der Waals surface area contributed by atoms with Crippen LogP contribution in [0.1, 0.15) is 6.92 Å². The van der Waals surface area contributed by atoms with E-state index in [1.165, 1.54) is 16.7 Å². The minimum atomic E-state index is -0.815. The highest BCUT2D eigenvalue weighted by molar-refractivity contribution is 5.88. The van der Waals surface area contributed by atoms with E-state index < -0.39 is 11.9 Å². The summed E-state index contributed by atoms with van der Waals surface area (Å²) in [5.74, 6) is -0.511. The molecular formula is C15H19N3O4. The Morgan fingerprint density at radius 1 is 1.23 bits per heavy atom. The van der Waals surface area contributed by atoms with Gasteiger partial charge in [0.15, 0.2) is 6.61 Å². The second-order valence-corrected chi connectivity index (χ2v) is 5.07. The number of ether oxygens (including phenoxy) is 1. The normalized spacial score (nSPS) is 18.0. The maximum atomic E-state index is 12.3. The van der Waals surface area contributed by atoms with Crippen molar-refractivity contribution in [3.63, 3.8) is 0 Å². The Kier molecular flexibility index (Phi) is 4.98. The maximum Gasteiger partial charge on any atom is 0.261 e. The van der Waals surface area contributed by atoms with Gasteiger partial charge < -0.3 is 20.3 Å². The number of hydrogen-bond donors (Lipinski definition) is 1. The summed E-state index contributed by atoms with van der Waals surface area (Å²) in [6.45, 7) is 2.03. The lowest BCUT2D eigenvalue weighted by molar-refractivity contribution is -0.148. The van der Waals surface area contributed by atoms with Crippen molar-refractivity contribution in [2.75, 3.05) is 26.2 Å². The molecule has 1 aliphatic rings. The van der Waals surface area contributed by atoms with E-state index in [-0.39, 0.29) is 31.5 Å². The number of primary amides is 1. The van der Waals surface area contributed by atoms with Gasteiger partial charge in [-0.15, -0.1) is 0 Å². The van der Waals surface area contributed by atoms with Gasteiger partial charge >= 0.3 is 0 Å². The zero-order valence-corrected chi connectivity index (χ0v) is 12.4. The molecule has 0 aliphatic carbocycles.